The van der Waals surface area contributed by atoms with Gasteiger partial charge in [-0.1, -0.05) is 24.3 Å². The minimum absolute atomic E-state index is 0.345. The van der Waals surface area contributed by atoms with E-state index < -0.39 is 0 Å². The number of imide groups is 1. The Hall–Kier alpha value is -3.32. The third-order valence-electron chi connectivity index (χ3n) is 5.07. The van der Waals surface area contributed by atoms with Crippen LogP contribution in [0.2, 0.25) is 0 Å². The summed E-state index contributed by atoms with van der Waals surface area (Å²) in [5.74, 6) is 0.379. The number of nitrogens with zero attached hydrogens (tertiary/aromatic N) is 2. The number of anilines is 1. The van der Waals surface area contributed by atoms with Crippen LogP contribution in [0, 0.1) is 0 Å². The van der Waals surface area contributed by atoms with Gasteiger partial charge in [0, 0.05) is 24.7 Å². The highest BCUT2D eigenvalue weighted by atomic mass is 16.5. The predicted octanol–water partition coefficient (Wildman–Crippen LogP) is 2.32. The molecule has 150 valence electrons. The van der Waals surface area contributed by atoms with Crippen LogP contribution in [0.25, 0.3) is 5.57 Å². The quantitative estimate of drug-likeness (QED) is 0.725. The first-order valence-corrected chi connectivity index (χ1v) is 9.39. The molecule has 0 bridgehead atoms. The maximum Gasteiger partial charge on any atom is 0.282 e. The van der Waals surface area contributed by atoms with E-state index in [9.17, 15) is 9.59 Å². The van der Waals surface area contributed by atoms with E-state index >= 15 is 0 Å². The van der Waals surface area contributed by atoms with E-state index in [0.29, 0.717) is 60.3 Å². The highest BCUT2D eigenvalue weighted by Gasteiger charge is 2.43. The lowest BCUT2D eigenvalue weighted by Crippen LogP contribution is -2.40. The number of ether oxygens (including phenoxy) is 3. The third kappa shape index (κ3) is 3.34. The maximum atomic E-state index is 13.5. The molecule has 7 heteroatoms. The lowest BCUT2D eigenvalue weighted by molar-refractivity contribution is -0.121. The van der Waals surface area contributed by atoms with Gasteiger partial charge in [0.2, 0.25) is 0 Å². The Morgan fingerprint density at radius 3 is 2.38 bits per heavy atom. The zero-order valence-electron chi connectivity index (χ0n) is 16.4. The number of hydrogen-bond acceptors (Lipinski definition) is 6. The number of benzene rings is 2. The van der Waals surface area contributed by atoms with Crippen molar-refractivity contribution in [1.29, 1.82) is 0 Å². The van der Waals surface area contributed by atoms with Crippen LogP contribution in [0.3, 0.4) is 0 Å². The molecule has 2 heterocycles. The Morgan fingerprint density at radius 2 is 1.66 bits per heavy atom. The zero-order valence-corrected chi connectivity index (χ0v) is 16.4. The molecule has 2 aliphatic rings. The van der Waals surface area contributed by atoms with Crippen molar-refractivity contribution in [1.82, 2.24) is 4.90 Å². The Bertz CT molecular complexity index is 979. The summed E-state index contributed by atoms with van der Waals surface area (Å²) in [5, 5.41) is 0. The van der Waals surface area contributed by atoms with Gasteiger partial charge in [0.25, 0.3) is 11.8 Å². The van der Waals surface area contributed by atoms with Crippen LogP contribution in [0.1, 0.15) is 5.56 Å². The van der Waals surface area contributed by atoms with E-state index in [2.05, 4.69) is 0 Å². The number of para-hydroxylation sites is 1. The van der Waals surface area contributed by atoms with Crippen molar-refractivity contribution in [2.24, 2.45) is 0 Å². The van der Waals surface area contributed by atoms with Crippen molar-refractivity contribution in [2.45, 2.75) is 0 Å². The number of methoxy groups -OCH3 is 2. The summed E-state index contributed by atoms with van der Waals surface area (Å²) < 4.78 is 16.2. The highest BCUT2D eigenvalue weighted by molar-refractivity contribution is 6.45. The first-order valence-electron chi connectivity index (χ1n) is 9.39. The van der Waals surface area contributed by atoms with E-state index in [0.717, 1.165) is 0 Å². The lowest BCUT2D eigenvalue weighted by Gasteiger charge is -2.29. The van der Waals surface area contributed by atoms with Crippen molar-refractivity contribution < 1.29 is 23.8 Å². The summed E-state index contributed by atoms with van der Waals surface area (Å²) in [4.78, 5) is 30.1. The second-order valence-electron chi connectivity index (χ2n) is 6.67. The van der Waals surface area contributed by atoms with Gasteiger partial charge in [0.1, 0.15) is 17.2 Å². The van der Waals surface area contributed by atoms with Crippen molar-refractivity contribution >= 4 is 23.1 Å². The molecular formula is C22H22N2O5. The Morgan fingerprint density at radius 1 is 0.897 bits per heavy atom. The molecule has 7 nitrogen and oxygen atoms in total. The monoisotopic (exact) mass is 394 g/mol. The number of rotatable bonds is 5. The van der Waals surface area contributed by atoms with Crippen molar-refractivity contribution in [3.8, 4) is 11.5 Å². The average Bonchev–Trinajstić information content (AvgIpc) is 3.04. The summed E-state index contributed by atoms with van der Waals surface area (Å²) in [7, 11) is 3.10. The molecule has 0 atom stereocenters. The molecule has 0 spiro atoms. The standard InChI is InChI=1S/C22H22N2O5/c1-27-16-7-5-6-15(14-16)24-21(25)19(17-8-3-4-9-18(17)28-2)20(22(24)26)23-10-12-29-13-11-23/h3-9,14H,10-13H2,1-2H3. The fraction of sp³-hybridized carbons (Fsp3) is 0.273. The van der Waals surface area contributed by atoms with Crippen molar-refractivity contribution in [3.63, 3.8) is 0 Å². The number of hydrogen-bond donors (Lipinski definition) is 0. The number of morpholine rings is 1. The van der Waals surface area contributed by atoms with Crippen LogP contribution < -0.4 is 14.4 Å². The Labute approximate surface area is 169 Å². The molecule has 0 aliphatic carbocycles. The SMILES string of the molecule is COc1cccc(N2C(=O)C(c3ccccc3OC)=C(N3CCOCC3)C2=O)c1. The molecule has 29 heavy (non-hydrogen) atoms. The topological polar surface area (TPSA) is 68.3 Å². The van der Waals surface area contributed by atoms with Crippen LogP contribution >= 0.6 is 0 Å². The van der Waals surface area contributed by atoms with Gasteiger partial charge in [-0.15, -0.1) is 0 Å². The first-order chi connectivity index (χ1) is 14.2. The Kier molecular flexibility index (Phi) is 5.22. The highest BCUT2D eigenvalue weighted by Crippen LogP contribution is 2.39. The molecule has 1 saturated heterocycles. The summed E-state index contributed by atoms with van der Waals surface area (Å²) >= 11 is 0. The summed E-state index contributed by atoms with van der Waals surface area (Å²) in [5.41, 5.74) is 1.79. The van der Waals surface area contributed by atoms with Gasteiger partial charge < -0.3 is 19.1 Å². The molecule has 0 aromatic heterocycles. The maximum absolute atomic E-state index is 13.5. The van der Waals surface area contributed by atoms with Gasteiger partial charge in [-0.3, -0.25) is 9.59 Å². The molecule has 0 radical (unpaired) electrons. The number of amides is 2. The minimum atomic E-state index is -0.380. The fourth-order valence-corrected chi connectivity index (χ4v) is 3.68. The number of carbonyl (C=O) groups excluding carboxylic acids is 2. The van der Waals surface area contributed by atoms with Crippen LogP contribution in [-0.2, 0) is 14.3 Å². The molecular weight excluding hydrogens is 372 g/mol. The van der Waals surface area contributed by atoms with Gasteiger partial charge >= 0.3 is 0 Å². The van der Waals surface area contributed by atoms with Crippen LogP contribution in [0.4, 0.5) is 5.69 Å². The molecule has 2 amide bonds. The molecule has 2 aromatic carbocycles. The van der Waals surface area contributed by atoms with Crippen LogP contribution in [-0.4, -0.2) is 57.2 Å². The second-order valence-corrected chi connectivity index (χ2v) is 6.67. The minimum Gasteiger partial charge on any atom is -0.497 e. The van der Waals surface area contributed by atoms with Gasteiger partial charge in [-0.2, -0.15) is 0 Å². The van der Waals surface area contributed by atoms with Gasteiger partial charge in [-0.05, 0) is 18.2 Å². The summed E-state index contributed by atoms with van der Waals surface area (Å²) in [6.07, 6.45) is 0. The van der Waals surface area contributed by atoms with E-state index in [1.165, 1.54) is 4.90 Å². The van der Waals surface area contributed by atoms with E-state index in [-0.39, 0.29) is 11.8 Å². The lowest BCUT2D eigenvalue weighted by atomic mass is 10.0. The summed E-state index contributed by atoms with van der Waals surface area (Å²) in [6, 6.07) is 14.2. The van der Waals surface area contributed by atoms with Crippen molar-refractivity contribution in [2.75, 3.05) is 45.4 Å². The Balaban J connectivity index is 1.86. The summed E-state index contributed by atoms with van der Waals surface area (Å²) in [6.45, 7) is 2.09. The fourth-order valence-electron chi connectivity index (χ4n) is 3.68. The van der Waals surface area contributed by atoms with Gasteiger partial charge in [-0.25, -0.2) is 4.90 Å². The van der Waals surface area contributed by atoms with Crippen molar-refractivity contribution in [3.05, 3.63) is 59.8 Å². The van der Waals surface area contributed by atoms with Crippen LogP contribution in [0.5, 0.6) is 11.5 Å². The number of carbonyl (C=O) groups is 2. The molecule has 2 aromatic rings. The normalized spacial score (nSPS) is 17.2. The van der Waals surface area contributed by atoms with Gasteiger partial charge in [0.15, 0.2) is 0 Å². The van der Waals surface area contributed by atoms with E-state index in [1.807, 2.05) is 17.0 Å². The largest absolute Gasteiger partial charge is 0.497 e. The first kappa shape index (κ1) is 19.0. The van der Waals surface area contributed by atoms with Gasteiger partial charge in [0.05, 0.1) is 38.7 Å². The zero-order chi connectivity index (χ0) is 20.4. The van der Waals surface area contributed by atoms with Crippen LogP contribution in [0.15, 0.2) is 54.2 Å². The average molecular weight is 394 g/mol. The predicted molar refractivity (Wildman–Crippen MR) is 108 cm³/mol. The van der Waals surface area contributed by atoms with E-state index in [1.54, 1.807) is 50.6 Å². The smallest absolute Gasteiger partial charge is 0.282 e. The van der Waals surface area contributed by atoms with E-state index in [4.69, 9.17) is 14.2 Å². The molecule has 0 N–H and O–H groups in total. The molecule has 1 fully saturated rings. The molecule has 0 unspecified atom stereocenters. The molecule has 4 rings (SSSR count). The molecule has 0 saturated carbocycles. The molecule has 2 aliphatic heterocycles. The second kappa shape index (κ2) is 7.97. The third-order valence-corrected chi connectivity index (χ3v) is 5.07.